The third kappa shape index (κ3) is 2.34. The van der Waals surface area contributed by atoms with Gasteiger partial charge in [-0.1, -0.05) is 24.3 Å². The highest BCUT2D eigenvalue weighted by atomic mass is 16.5. The minimum Gasteiger partial charge on any atom is -0.508 e. The Labute approximate surface area is 137 Å². The summed E-state index contributed by atoms with van der Waals surface area (Å²) in [6.07, 6.45) is 0. The van der Waals surface area contributed by atoms with Crippen LogP contribution in [0.4, 0.5) is 0 Å². The number of phenolic OH excluding ortho intramolecular Hbond substituents is 3. The predicted octanol–water partition coefficient (Wildman–Crippen LogP) is 4.90. The average molecular weight is 318 g/mol. The fraction of sp³-hybridized carbons (Fsp3) is 0. The maximum Gasteiger partial charge on any atom is 0.169 e. The molecule has 0 heterocycles. The van der Waals surface area contributed by atoms with Crippen LogP contribution < -0.4 is 4.74 Å². The van der Waals surface area contributed by atoms with E-state index in [0.717, 1.165) is 10.8 Å². The SMILES string of the molecule is Oc1ccc2c(O)c(Oc3ccc4cccc(O)c4c3)ccc2c1. The molecule has 0 unspecified atom stereocenters. The number of rotatable bonds is 2. The van der Waals surface area contributed by atoms with Crippen LogP contribution >= 0.6 is 0 Å². The van der Waals surface area contributed by atoms with E-state index in [-0.39, 0.29) is 17.2 Å². The highest BCUT2D eigenvalue weighted by Gasteiger charge is 2.10. The highest BCUT2D eigenvalue weighted by molar-refractivity contribution is 5.92. The maximum absolute atomic E-state index is 10.4. The summed E-state index contributed by atoms with van der Waals surface area (Å²) in [6, 6.07) is 18.8. The number of hydrogen-bond acceptors (Lipinski definition) is 4. The van der Waals surface area contributed by atoms with E-state index in [1.54, 1.807) is 48.5 Å². The second-order valence-corrected chi connectivity index (χ2v) is 5.58. The Morgan fingerprint density at radius 3 is 2.38 bits per heavy atom. The van der Waals surface area contributed by atoms with Crippen molar-refractivity contribution in [1.82, 2.24) is 0 Å². The van der Waals surface area contributed by atoms with Gasteiger partial charge >= 0.3 is 0 Å². The van der Waals surface area contributed by atoms with E-state index in [0.29, 0.717) is 22.3 Å². The molecular weight excluding hydrogens is 304 g/mol. The predicted molar refractivity (Wildman–Crippen MR) is 93.0 cm³/mol. The molecule has 0 amide bonds. The summed E-state index contributed by atoms with van der Waals surface area (Å²) in [5, 5.41) is 32.8. The fourth-order valence-electron chi connectivity index (χ4n) is 2.79. The number of phenols is 3. The van der Waals surface area contributed by atoms with E-state index in [9.17, 15) is 15.3 Å². The quantitative estimate of drug-likeness (QED) is 0.491. The fourth-order valence-corrected chi connectivity index (χ4v) is 2.79. The zero-order chi connectivity index (χ0) is 16.7. The summed E-state index contributed by atoms with van der Waals surface area (Å²) < 4.78 is 5.79. The molecule has 0 saturated heterocycles. The third-order valence-electron chi connectivity index (χ3n) is 4.00. The highest BCUT2D eigenvalue weighted by Crippen LogP contribution is 2.39. The number of ether oxygens (including phenoxy) is 1. The van der Waals surface area contributed by atoms with Gasteiger partial charge in [0.05, 0.1) is 0 Å². The lowest BCUT2D eigenvalue weighted by atomic mass is 10.1. The van der Waals surface area contributed by atoms with Crippen molar-refractivity contribution in [2.75, 3.05) is 0 Å². The molecule has 4 aromatic carbocycles. The summed E-state index contributed by atoms with van der Waals surface area (Å²) in [6.45, 7) is 0. The molecule has 0 fully saturated rings. The van der Waals surface area contributed by atoms with E-state index in [2.05, 4.69) is 0 Å². The molecule has 0 aromatic heterocycles. The Morgan fingerprint density at radius 1 is 0.667 bits per heavy atom. The van der Waals surface area contributed by atoms with Gasteiger partial charge in [-0.2, -0.15) is 0 Å². The lowest BCUT2D eigenvalue weighted by Crippen LogP contribution is -1.86. The van der Waals surface area contributed by atoms with Crippen LogP contribution in [0, 0.1) is 0 Å². The van der Waals surface area contributed by atoms with Gasteiger partial charge in [-0.3, -0.25) is 0 Å². The molecule has 0 atom stereocenters. The van der Waals surface area contributed by atoms with Gasteiger partial charge in [0.2, 0.25) is 0 Å². The van der Waals surface area contributed by atoms with E-state index < -0.39 is 0 Å². The van der Waals surface area contributed by atoms with Crippen molar-refractivity contribution in [2.45, 2.75) is 0 Å². The average Bonchev–Trinajstić information content (AvgIpc) is 2.58. The van der Waals surface area contributed by atoms with Crippen molar-refractivity contribution in [2.24, 2.45) is 0 Å². The smallest absolute Gasteiger partial charge is 0.169 e. The van der Waals surface area contributed by atoms with E-state index in [1.165, 1.54) is 6.07 Å². The minimum atomic E-state index is 0.00452. The van der Waals surface area contributed by atoms with Crippen molar-refractivity contribution < 1.29 is 20.1 Å². The van der Waals surface area contributed by atoms with Gasteiger partial charge in [-0.05, 0) is 53.2 Å². The van der Waals surface area contributed by atoms with Crippen molar-refractivity contribution in [3.8, 4) is 28.7 Å². The number of benzene rings is 4. The summed E-state index contributed by atoms with van der Waals surface area (Å²) in [5.74, 6) is 1.14. The molecule has 0 aliphatic heterocycles. The third-order valence-corrected chi connectivity index (χ3v) is 4.00. The molecule has 4 rings (SSSR count). The second kappa shape index (κ2) is 5.35. The van der Waals surface area contributed by atoms with Gasteiger partial charge in [-0.15, -0.1) is 0 Å². The lowest BCUT2D eigenvalue weighted by Gasteiger charge is -2.11. The van der Waals surface area contributed by atoms with Crippen LogP contribution in [0.1, 0.15) is 0 Å². The Morgan fingerprint density at radius 2 is 1.50 bits per heavy atom. The van der Waals surface area contributed by atoms with Gasteiger partial charge in [0.25, 0.3) is 0 Å². The van der Waals surface area contributed by atoms with Crippen LogP contribution in [0.2, 0.25) is 0 Å². The first-order valence-corrected chi connectivity index (χ1v) is 7.46. The van der Waals surface area contributed by atoms with Crippen molar-refractivity contribution in [3.05, 3.63) is 66.7 Å². The summed E-state index contributed by atoms with van der Waals surface area (Å²) in [7, 11) is 0. The summed E-state index contributed by atoms with van der Waals surface area (Å²) in [4.78, 5) is 0. The maximum atomic E-state index is 10.4. The minimum absolute atomic E-state index is 0.00452. The zero-order valence-electron chi connectivity index (χ0n) is 12.6. The molecule has 0 spiro atoms. The Balaban J connectivity index is 1.78. The number of fused-ring (bicyclic) bond motifs is 2. The van der Waals surface area contributed by atoms with Crippen LogP contribution in [0.25, 0.3) is 21.5 Å². The molecule has 24 heavy (non-hydrogen) atoms. The van der Waals surface area contributed by atoms with Crippen LogP contribution in [0.5, 0.6) is 28.7 Å². The largest absolute Gasteiger partial charge is 0.508 e. The standard InChI is InChI=1S/C20H14O4/c21-14-6-8-16-13(10-14)5-9-19(20(16)23)24-15-7-4-12-2-1-3-18(22)17(12)11-15/h1-11,21-23H. The van der Waals surface area contributed by atoms with Gasteiger partial charge in [0, 0.05) is 10.8 Å². The molecule has 4 nitrogen and oxygen atoms in total. The topological polar surface area (TPSA) is 69.9 Å². The Hall–Kier alpha value is -3.40. The van der Waals surface area contributed by atoms with E-state index in [4.69, 9.17) is 4.74 Å². The molecule has 0 radical (unpaired) electrons. The van der Waals surface area contributed by atoms with E-state index in [1.807, 2.05) is 12.1 Å². The first kappa shape index (κ1) is 14.2. The number of aromatic hydroxyl groups is 3. The molecule has 0 aliphatic carbocycles. The van der Waals surface area contributed by atoms with Gasteiger partial charge in [-0.25, -0.2) is 0 Å². The first-order valence-electron chi connectivity index (χ1n) is 7.46. The Kier molecular flexibility index (Phi) is 3.17. The van der Waals surface area contributed by atoms with Gasteiger partial charge < -0.3 is 20.1 Å². The normalized spacial score (nSPS) is 11.0. The van der Waals surface area contributed by atoms with Gasteiger partial charge in [0.1, 0.15) is 17.2 Å². The molecule has 0 bridgehead atoms. The monoisotopic (exact) mass is 318 g/mol. The molecule has 118 valence electrons. The summed E-state index contributed by atoms with van der Waals surface area (Å²) in [5.41, 5.74) is 0. The number of hydrogen-bond donors (Lipinski definition) is 3. The molecule has 0 aliphatic rings. The van der Waals surface area contributed by atoms with E-state index >= 15 is 0 Å². The summed E-state index contributed by atoms with van der Waals surface area (Å²) >= 11 is 0. The second-order valence-electron chi connectivity index (χ2n) is 5.58. The lowest BCUT2D eigenvalue weighted by molar-refractivity contribution is 0.416. The Bertz CT molecular complexity index is 1070. The molecule has 4 aromatic rings. The molecule has 0 saturated carbocycles. The van der Waals surface area contributed by atoms with Crippen LogP contribution in [0.15, 0.2) is 66.7 Å². The molecule has 3 N–H and O–H groups in total. The molecular formula is C20H14O4. The zero-order valence-corrected chi connectivity index (χ0v) is 12.6. The van der Waals surface area contributed by atoms with Crippen LogP contribution in [-0.2, 0) is 0 Å². The first-order chi connectivity index (χ1) is 11.6. The molecule has 4 heteroatoms. The van der Waals surface area contributed by atoms with Crippen LogP contribution in [-0.4, -0.2) is 15.3 Å². The van der Waals surface area contributed by atoms with Gasteiger partial charge in [0.15, 0.2) is 11.5 Å². The van der Waals surface area contributed by atoms with Crippen LogP contribution in [0.3, 0.4) is 0 Å². The van der Waals surface area contributed by atoms with Crippen molar-refractivity contribution in [3.63, 3.8) is 0 Å². The van der Waals surface area contributed by atoms with Crippen molar-refractivity contribution >= 4 is 21.5 Å². The van der Waals surface area contributed by atoms with Crippen molar-refractivity contribution in [1.29, 1.82) is 0 Å².